The number of rotatable bonds is 8. The van der Waals surface area contributed by atoms with E-state index in [2.05, 4.69) is 10.0 Å². The number of sulfonamides is 1. The molecule has 0 radical (unpaired) electrons. The van der Waals surface area contributed by atoms with E-state index in [9.17, 15) is 8.42 Å². The number of anilines is 1. The Hall–Kier alpha value is -1.11. The molecule has 0 spiro atoms. The molecule has 1 aromatic carbocycles. The fraction of sp³-hybridized carbons (Fsp3) is 0.538. The molecule has 0 bridgehead atoms. The first kappa shape index (κ1) is 14.3. The first-order chi connectivity index (χ1) is 9.13. The summed E-state index contributed by atoms with van der Waals surface area (Å²) in [6, 6.07) is 7.05. The van der Waals surface area contributed by atoms with E-state index >= 15 is 0 Å². The van der Waals surface area contributed by atoms with Crippen LogP contribution in [0.1, 0.15) is 19.8 Å². The Kier molecular flexibility index (Phi) is 4.79. The van der Waals surface area contributed by atoms with Crippen LogP contribution >= 0.6 is 0 Å². The lowest BCUT2D eigenvalue weighted by molar-refractivity contribution is 0.158. The third-order valence-electron chi connectivity index (χ3n) is 2.84. The molecule has 6 heteroatoms. The molecule has 2 rings (SSSR count). The predicted molar refractivity (Wildman–Crippen MR) is 74.8 cm³/mol. The average Bonchev–Trinajstić information content (AvgIpc) is 3.18. The summed E-state index contributed by atoms with van der Waals surface area (Å²) < 4.78 is 32.3. The third kappa shape index (κ3) is 4.19. The van der Waals surface area contributed by atoms with Crippen LogP contribution in [0.5, 0.6) is 0 Å². The van der Waals surface area contributed by atoms with Crippen LogP contribution in [0.25, 0.3) is 0 Å². The highest BCUT2D eigenvalue weighted by Crippen LogP contribution is 2.25. The molecule has 1 aliphatic rings. The summed E-state index contributed by atoms with van der Waals surface area (Å²) in [5.74, 6) is 0. The normalized spacial score (nSPS) is 15.4. The molecule has 0 unspecified atom stereocenters. The van der Waals surface area contributed by atoms with Crippen LogP contribution in [0.4, 0.5) is 5.69 Å². The van der Waals surface area contributed by atoms with Gasteiger partial charge in [-0.1, -0.05) is 12.1 Å². The van der Waals surface area contributed by atoms with Crippen LogP contribution in [-0.4, -0.2) is 34.2 Å². The topological polar surface area (TPSA) is 67.4 Å². The number of hydrogen-bond acceptors (Lipinski definition) is 4. The highest BCUT2D eigenvalue weighted by molar-refractivity contribution is 7.89. The van der Waals surface area contributed by atoms with Gasteiger partial charge in [-0.05, 0) is 31.9 Å². The van der Waals surface area contributed by atoms with Crippen LogP contribution in [0.15, 0.2) is 29.2 Å². The Labute approximate surface area is 114 Å². The summed E-state index contributed by atoms with van der Waals surface area (Å²) >= 11 is 0. The summed E-state index contributed by atoms with van der Waals surface area (Å²) in [4.78, 5) is 0.304. The van der Waals surface area contributed by atoms with Crippen molar-refractivity contribution in [1.29, 1.82) is 0 Å². The number of hydrogen-bond donors (Lipinski definition) is 2. The van der Waals surface area contributed by atoms with E-state index in [0.29, 0.717) is 30.3 Å². The maximum absolute atomic E-state index is 12.2. The van der Waals surface area contributed by atoms with Gasteiger partial charge in [0.1, 0.15) is 4.90 Å². The maximum atomic E-state index is 12.2. The van der Waals surface area contributed by atoms with E-state index in [1.807, 2.05) is 13.0 Å². The zero-order valence-electron chi connectivity index (χ0n) is 11.1. The fourth-order valence-electron chi connectivity index (χ4n) is 1.73. The largest absolute Gasteiger partial charge is 0.382 e. The van der Waals surface area contributed by atoms with Gasteiger partial charge in [-0.25, -0.2) is 13.1 Å². The Morgan fingerprint density at radius 2 is 2.05 bits per heavy atom. The molecule has 19 heavy (non-hydrogen) atoms. The van der Waals surface area contributed by atoms with Crippen molar-refractivity contribution in [3.8, 4) is 0 Å². The van der Waals surface area contributed by atoms with Crippen molar-refractivity contribution in [1.82, 2.24) is 4.72 Å². The van der Waals surface area contributed by atoms with E-state index in [1.54, 1.807) is 18.2 Å². The molecule has 2 N–H and O–H groups in total. The highest BCUT2D eigenvalue weighted by atomic mass is 32.2. The molecule has 0 aromatic heterocycles. The van der Waals surface area contributed by atoms with Gasteiger partial charge in [0.25, 0.3) is 0 Å². The minimum absolute atomic E-state index is 0.112. The number of ether oxygens (including phenoxy) is 1. The monoisotopic (exact) mass is 284 g/mol. The van der Waals surface area contributed by atoms with E-state index in [-0.39, 0.29) is 6.04 Å². The molecule has 1 fully saturated rings. The van der Waals surface area contributed by atoms with Gasteiger partial charge in [-0.2, -0.15) is 0 Å². The summed E-state index contributed by atoms with van der Waals surface area (Å²) in [5, 5.41) is 3.10. The first-order valence-electron chi connectivity index (χ1n) is 6.56. The molecule has 0 aliphatic heterocycles. The highest BCUT2D eigenvalue weighted by Gasteiger charge is 2.29. The minimum atomic E-state index is -3.42. The molecule has 0 atom stereocenters. The fourth-order valence-corrected chi connectivity index (χ4v) is 3.22. The predicted octanol–water partition coefficient (Wildman–Crippen LogP) is 1.58. The SMILES string of the molecule is CCOCCNc1ccccc1S(=O)(=O)NC1CC1. The zero-order valence-corrected chi connectivity index (χ0v) is 11.9. The van der Waals surface area contributed by atoms with Gasteiger partial charge in [-0.15, -0.1) is 0 Å². The van der Waals surface area contributed by atoms with Crippen molar-refractivity contribution in [3.63, 3.8) is 0 Å². The van der Waals surface area contributed by atoms with Gasteiger partial charge in [0.15, 0.2) is 0 Å². The van der Waals surface area contributed by atoms with Crippen molar-refractivity contribution in [2.75, 3.05) is 25.1 Å². The van der Waals surface area contributed by atoms with E-state index in [4.69, 9.17) is 4.74 Å². The Morgan fingerprint density at radius 1 is 1.32 bits per heavy atom. The van der Waals surface area contributed by atoms with Gasteiger partial charge in [0.2, 0.25) is 10.0 Å². The lowest BCUT2D eigenvalue weighted by atomic mass is 10.3. The van der Waals surface area contributed by atoms with Crippen molar-refractivity contribution in [3.05, 3.63) is 24.3 Å². The zero-order chi connectivity index (χ0) is 13.7. The van der Waals surface area contributed by atoms with Gasteiger partial charge in [0, 0.05) is 19.2 Å². The summed E-state index contributed by atoms with van der Waals surface area (Å²) in [6.07, 6.45) is 1.86. The lowest BCUT2D eigenvalue weighted by Gasteiger charge is -2.12. The second-order valence-electron chi connectivity index (χ2n) is 4.52. The summed E-state index contributed by atoms with van der Waals surface area (Å²) in [7, 11) is -3.42. The Balaban J connectivity index is 2.06. The van der Waals surface area contributed by atoms with Crippen molar-refractivity contribution < 1.29 is 13.2 Å². The van der Waals surface area contributed by atoms with Crippen LogP contribution in [0.2, 0.25) is 0 Å². The van der Waals surface area contributed by atoms with E-state index in [1.165, 1.54) is 0 Å². The van der Waals surface area contributed by atoms with Gasteiger partial charge in [-0.3, -0.25) is 0 Å². The first-order valence-corrected chi connectivity index (χ1v) is 8.05. The van der Waals surface area contributed by atoms with Gasteiger partial charge >= 0.3 is 0 Å². The third-order valence-corrected chi connectivity index (χ3v) is 4.42. The second-order valence-corrected chi connectivity index (χ2v) is 6.20. The van der Waals surface area contributed by atoms with Crippen molar-refractivity contribution >= 4 is 15.7 Å². The molecule has 1 aliphatic carbocycles. The van der Waals surface area contributed by atoms with Crippen LogP contribution in [-0.2, 0) is 14.8 Å². The van der Waals surface area contributed by atoms with E-state index < -0.39 is 10.0 Å². The molecular formula is C13H20N2O3S. The maximum Gasteiger partial charge on any atom is 0.242 e. The van der Waals surface area contributed by atoms with Crippen LogP contribution in [0.3, 0.4) is 0 Å². The number of benzene rings is 1. The van der Waals surface area contributed by atoms with Crippen LogP contribution in [0, 0.1) is 0 Å². The molecule has 1 aromatic rings. The molecule has 106 valence electrons. The van der Waals surface area contributed by atoms with Crippen molar-refractivity contribution in [2.45, 2.75) is 30.7 Å². The number of nitrogens with one attached hydrogen (secondary N) is 2. The summed E-state index contributed by atoms with van der Waals surface area (Å²) in [5.41, 5.74) is 0.621. The molecule has 0 amide bonds. The van der Waals surface area contributed by atoms with Gasteiger partial charge < -0.3 is 10.1 Å². The van der Waals surface area contributed by atoms with Crippen LogP contribution < -0.4 is 10.0 Å². The Bertz CT molecular complexity index is 512. The molecule has 5 nitrogen and oxygen atoms in total. The minimum Gasteiger partial charge on any atom is -0.382 e. The summed E-state index contributed by atoms with van der Waals surface area (Å²) in [6.45, 7) is 3.73. The molecule has 0 heterocycles. The van der Waals surface area contributed by atoms with Gasteiger partial charge in [0.05, 0.1) is 12.3 Å². The Morgan fingerprint density at radius 3 is 2.74 bits per heavy atom. The van der Waals surface area contributed by atoms with E-state index in [0.717, 1.165) is 12.8 Å². The average molecular weight is 284 g/mol. The standard InChI is InChI=1S/C13H20N2O3S/c1-2-18-10-9-14-12-5-3-4-6-13(12)19(16,17)15-11-7-8-11/h3-6,11,14-15H,2,7-10H2,1H3. The smallest absolute Gasteiger partial charge is 0.242 e. The van der Waals surface area contributed by atoms with Crippen molar-refractivity contribution in [2.24, 2.45) is 0 Å². The number of para-hydroxylation sites is 1. The quantitative estimate of drug-likeness (QED) is 0.711. The lowest BCUT2D eigenvalue weighted by Crippen LogP contribution is -2.26. The molecular weight excluding hydrogens is 264 g/mol. The molecule has 1 saturated carbocycles. The molecule has 0 saturated heterocycles. The second kappa shape index (κ2) is 6.36.